The Kier molecular flexibility index (Phi) is 5.28. The van der Waals surface area contributed by atoms with E-state index in [1.165, 1.54) is 16.2 Å². The molecule has 0 saturated carbocycles. The topological polar surface area (TPSA) is 82.6 Å². The van der Waals surface area contributed by atoms with E-state index >= 15 is 0 Å². The minimum absolute atomic E-state index is 0.183. The highest BCUT2D eigenvalue weighted by Crippen LogP contribution is 2.36. The summed E-state index contributed by atoms with van der Waals surface area (Å²) in [7, 11) is 0. The molecular weight excluding hydrogens is 372 g/mol. The van der Waals surface area contributed by atoms with Crippen molar-refractivity contribution >= 4 is 44.6 Å². The zero-order valence-corrected chi connectivity index (χ0v) is 16.9. The molecule has 0 spiro atoms. The van der Waals surface area contributed by atoms with Crippen molar-refractivity contribution in [3.05, 3.63) is 23.9 Å². The van der Waals surface area contributed by atoms with Crippen LogP contribution >= 0.6 is 11.3 Å². The number of carbonyl (C=O) groups is 2. The molecule has 1 fully saturated rings. The number of fused-ring (bicyclic) bond motifs is 1. The van der Waals surface area contributed by atoms with Crippen LogP contribution in [0.25, 0.3) is 10.2 Å². The number of Topliss-reactive ketones (excluding diaryl/α,β-unsaturated/α-hetero) is 1. The highest BCUT2D eigenvalue weighted by Gasteiger charge is 2.40. The number of nitrogens with zero attached hydrogens (tertiary/aromatic N) is 2. The summed E-state index contributed by atoms with van der Waals surface area (Å²) in [6, 6.07) is 2.98. The van der Waals surface area contributed by atoms with Crippen molar-refractivity contribution in [2.75, 3.05) is 12.8 Å². The summed E-state index contributed by atoms with van der Waals surface area (Å²) in [5.74, 6) is -0.183. The zero-order chi connectivity index (χ0) is 19.1. The van der Waals surface area contributed by atoms with Gasteiger partial charge < -0.3 is 9.29 Å². The third kappa shape index (κ3) is 3.72. The van der Waals surface area contributed by atoms with E-state index < -0.39 is 28.9 Å². The molecule has 2 aromatic heterocycles. The molecule has 0 bridgehead atoms. The Labute approximate surface area is 159 Å². The third-order valence-corrected chi connectivity index (χ3v) is 6.71. The molecule has 0 aliphatic carbocycles. The highest BCUT2D eigenvalue weighted by molar-refractivity contribution is 7.93. The largest absolute Gasteiger partial charge is 0.611 e. The summed E-state index contributed by atoms with van der Waals surface area (Å²) in [6.45, 7) is 5.88. The second-order valence-corrected chi connectivity index (χ2v) is 9.84. The molecule has 1 aliphatic heterocycles. The quantitative estimate of drug-likeness (QED) is 0.587. The molecule has 0 N–H and O–H groups in total. The van der Waals surface area contributed by atoms with Crippen LogP contribution in [0.15, 0.2) is 22.5 Å². The van der Waals surface area contributed by atoms with Crippen LogP contribution in [0.3, 0.4) is 0 Å². The van der Waals surface area contributed by atoms with Gasteiger partial charge in [-0.25, -0.2) is 9.78 Å². The second-order valence-electron chi connectivity index (χ2n) is 7.27. The predicted octanol–water partition coefficient (Wildman–Crippen LogP) is 3.62. The van der Waals surface area contributed by atoms with Gasteiger partial charge in [-0.05, 0) is 56.9 Å². The lowest BCUT2D eigenvalue weighted by Crippen LogP contribution is -2.43. The van der Waals surface area contributed by atoms with Gasteiger partial charge in [-0.1, -0.05) is 11.3 Å². The maximum atomic E-state index is 13.3. The lowest BCUT2D eigenvalue weighted by atomic mass is 10.0. The number of ether oxygens (including phenoxy) is 1. The average molecular weight is 395 g/mol. The molecule has 6 nitrogen and oxygen atoms in total. The Morgan fingerprint density at radius 3 is 2.81 bits per heavy atom. The minimum atomic E-state index is -1.31. The number of hydrogen-bond donors (Lipinski definition) is 0. The standard InChI is InChI=1S/C18H22N2O4S2/c1-18(2,3)24-17(22)20-10-6-8-12(20)14(21)13-11-7-5-9-19-15(11)25-16(13)26(4)23/h5,7,9,12H,6,8,10H2,1-4H3. The van der Waals surface area contributed by atoms with E-state index in [0.717, 1.165) is 6.42 Å². The fraction of sp³-hybridized carbons (Fsp3) is 0.500. The van der Waals surface area contributed by atoms with Crippen LogP contribution in [0.1, 0.15) is 44.0 Å². The molecule has 2 unspecified atom stereocenters. The van der Waals surface area contributed by atoms with Crippen LogP contribution < -0.4 is 0 Å². The summed E-state index contributed by atoms with van der Waals surface area (Å²) < 4.78 is 18.2. The number of likely N-dealkylation sites (tertiary alicyclic amines) is 1. The molecule has 0 radical (unpaired) electrons. The first-order chi connectivity index (χ1) is 12.2. The van der Waals surface area contributed by atoms with Crippen molar-refractivity contribution in [2.45, 2.75) is 49.5 Å². The van der Waals surface area contributed by atoms with Crippen molar-refractivity contribution in [1.82, 2.24) is 9.88 Å². The van der Waals surface area contributed by atoms with E-state index in [0.29, 0.717) is 33.0 Å². The van der Waals surface area contributed by atoms with Crippen molar-refractivity contribution in [3.8, 4) is 0 Å². The Balaban J connectivity index is 1.97. The number of pyridine rings is 1. The van der Waals surface area contributed by atoms with Crippen LogP contribution in [-0.2, 0) is 15.9 Å². The van der Waals surface area contributed by atoms with Gasteiger partial charge in [0.1, 0.15) is 16.7 Å². The first-order valence-corrected chi connectivity index (χ1v) is 10.8. The van der Waals surface area contributed by atoms with E-state index in [1.807, 2.05) is 6.07 Å². The fourth-order valence-electron chi connectivity index (χ4n) is 3.09. The van der Waals surface area contributed by atoms with Gasteiger partial charge in [0, 0.05) is 18.1 Å². The summed E-state index contributed by atoms with van der Waals surface area (Å²) in [4.78, 5) is 32.3. The smallest absolute Gasteiger partial charge is 0.410 e. The predicted molar refractivity (Wildman–Crippen MR) is 102 cm³/mol. The summed E-state index contributed by atoms with van der Waals surface area (Å²) in [5.41, 5.74) is -0.193. The molecule has 2 atom stereocenters. The van der Waals surface area contributed by atoms with Gasteiger partial charge in [-0.3, -0.25) is 9.69 Å². The molecule has 1 saturated heterocycles. The summed E-state index contributed by atoms with van der Waals surface area (Å²) >= 11 is -0.0367. The van der Waals surface area contributed by atoms with Crippen LogP contribution in [-0.4, -0.2) is 50.8 Å². The SMILES string of the molecule is C[S+]([O-])c1sc2ncccc2c1C(=O)C1CCCN1C(=O)OC(C)(C)C. The van der Waals surface area contributed by atoms with E-state index in [9.17, 15) is 14.1 Å². The molecule has 26 heavy (non-hydrogen) atoms. The lowest BCUT2D eigenvalue weighted by Gasteiger charge is -2.28. The van der Waals surface area contributed by atoms with Crippen LogP contribution in [0.4, 0.5) is 4.79 Å². The molecule has 0 aromatic carbocycles. The first-order valence-electron chi connectivity index (χ1n) is 8.44. The lowest BCUT2D eigenvalue weighted by molar-refractivity contribution is 0.0222. The van der Waals surface area contributed by atoms with Gasteiger partial charge >= 0.3 is 6.09 Å². The summed E-state index contributed by atoms with van der Waals surface area (Å²) in [6.07, 6.45) is 4.04. The van der Waals surface area contributed by atoms with Gasteiger partial charge in [0.05, 0.1) is 11.6 Å². The van der Waals surface area contributed by atoms with Crippen LogP contribution in [0, 0.1) is 0 Å². The molecule has 3 rings (SSSR count). The molecular formula is C18H22N2O4S2. The second kappa shape index (κ2) is 7.17. The number of carbonyl (C=O) groups excluding carboxylic acids is 2. The van der Waals surface area contributed by atoms with Crippen LogP contribution in [0.2, 0.25) is 0 Å². The Morgan fingerprint density at radius 1 is 1.42 bits per heavy atom. The molecule has 1 amide bonds. The Bertz CT molecular complexity index is 841. The normalized spacial score (nSPS) is 19.0. The molecule has 3 heterocycles. The van der Waals surface area contributed by atoms with Gasteiger partial charge in [-0.15, -0.1) is 0 Å². The third-order valence-electron chi connectivity index (χ3n) is 4.12. The van der Waals surface area contributed by atoms with Crippen molar-refractivity contribution < 1.29 is 18.9 Å². The average Bonchev–Trinajstić information content (AvgIpc) is 3.17. The maximum absolute atomic E-state index is 13.3. The van der Waals surface area contributed by atoms with Crippen molar-refractivity contribution in [3.63, 3.8) is 0 Å². The first kappa shape index (κ1) is 19.1. The number of hydrogen-bond acceptors (Lipinski definition) is 6. The monoisotopic (exact) mass is 394 g/mol. The maximum Gasteiger partial charge on any atom is 0.410 e. The Hall–Kier alpha value is -1.64. The van der Waals surface area contributed by atoms with Gasteiger partial charge in [0.15, 0.2) is 5.78 Å². The van der Waals surface area contributed by atoms with Gasteiger partial charge in [-0.2, -0.15) is 0 Å². The number of rotatable bonds is 3. The fourth-order valence-corrected chi connectivity index (χ4v) is 5.18. The van der Waals surface area contributed by atoms with E-state index in [4.69, 9.17) is 4.74 Å². The molecule has 1 aliphatic rings. The number of aromatic nitrogens is 1. The van der Waals surface area contributed by atoms with Crippen molar-refractivity contribution in [1.29, 1.82) is 0 Å². The summed E-state index contributed by atoms with van der Waals surface area (Å²) in [5, 5.41) is 0.698. The molecule has 8 heteroatoms. The van der Waals surface area contributed by atoms with Crippen LogP contribution in [0.5, 0.6) is 0 Å². The molecule has 2 aromatic rings. The molecule has 140 valence electrons. The highest BCUT2D eigenvalue weighted by atomic mass is 32.2. The van der Waals surface area contributed by atoms with E-state index in [2.05, 4.69) is 4.98 Å². The zero-order valence-electron chi connectivity index (χ0n) is 15.3. The van der Waals surface area contributed by atoms with Gasteiger partial charge in [0.2, 0.25) is 4.21 Å². The number of amides is 1. The van der Waals surface area contributed by atoms with Gasteiger partial charge in [0.25, 0.3) is 0 Å². The number of thiophene rings is 1. The van der Waals surface area contributed by atoms with E-state index in [-0.39, 0.29) is 5.78 Å². The van der Waals surface area contributed by atoms with E-state index in [1.54, 1.807) is 39.3 Å². The Morgan fingerprint density at radius 2 is 2.15 bits per heavy atom. The minimum Gasteiger partial charge on any atom is -0.611 e. The number of ketones is 1. The van der Waals surface area contributed by atoms with Crippen molar-refractivity contribution in [2.24, 2.45) is 0 Å².